The Morgan fingerprint density at radius 3 is 2.03 bits per heavy atom. The number of esters is 1. The van der Waals surface area contributed by atoms with Crippen LogP contribution in [0, 0.1) is 17.8 Å². The van der Waals surface area contributed by atoms with Crippen LogP contribution in [0.2, 0.25) is 0 Å². The number of likely N-dealkylation sites (tertiary alicyclic amines) is 1. The first kappa shape index (κ1) is 23.1. The van der Waals surface area contributed by atoms with Crippen LogP contribution >= 0.6 is 0 Å². The predicted octanol–water partition coefficient (Wildman–Crippen LogP) is 6.74. The smallest absolute Gasteiger partial charge is 0.309 e. The number of rotatable bonds is 9. The molecule has 0 aromatic carbocycles. The summed E-state index contributed by atoms with van der Waals surface area (Å²) in [5, 5.41) is 0. The van der Waals surface area contributed by atoms with Gasteiger partial charge in [0, 0.05) is 6.04 Å². The van der Waals surface area contributed by atoms with Crippen molar-refractivity contribution in [2.75, 3.05) is 13.1 Å². The van der Waals surface area contributed by atoms with E-state index >= 15 is 0 Å². The van der Waals surface area contributed by atoms with Gasteiger partial charge in [0.15, 0.2) is 0 Å². The molecule has 1 aliphatic heterocycles. The van der Waals surface area contributed by atoms with Gasteiger partial charge in [-0.05, 0) is 89.1 Å². The van der Waals surface area contributed by atoms with Gasteiger partial charge in [0.05, 0.1) is 5.92 Å². The molecular formula is C26H47NO2. The van der Waals surface area contributed by atoms with Crippen molar-refractivity contribution in [2.24, 2.45) is 17.8 Å². The van der Waals surface area contributed by atoms with Crippen LogP contribution < -0.4 is 0 Å². The van der Waals surface area contributed by atoms with Gasteiger partial charge in [-0.3, -0.25) is 4.79 Å². The highest BCUT2D eigenvalue weighted by Gasteiger charge is 2.33. The van der Waals surface area contributed by atoms with E-state index < -0.39 is 0 Å². The molecule has 0 radical (unpaired) electrons. The maximum Gasteiger partial charge on any atom is 0.309 e. The van der Waals surface area contributed by atoms with Crippen molar-refractivity contribution in [1.29, 1.82) is 0 Å². The van der Waals surface area contributed by atoms with Gasteiger partial charge in [-0.25, -0.2) is 0 Å². The largest absolute Gasteiger partial charge is 0.462 e. The van der Waals surface area contributed by atoms with Crippen molar-refractivity contribution in [3.05, 3.63) is 0 Å². The number of nitrogens with zero attached hydrogens (tertiary/aromatic N) is 1. The molecule has 2 aliphatic carbocycles. The van der Waals surface area contributed by atoms with Crippen molar-refractivity contribution < 1.29 is 9.53 Å². The van der Waals surface area contributed by atoms with E-state index in [1.54, 1.807) is 0 Å². The first-order chi connectivity index (χ1) is 14.2. The Labute approximate surface area is 180 Å². The van der Waals surface area contributed by atoms with Crippen LogP contribution in [0.15, 0.2) is 0 Å². The molecule has 0 aromatic heterocycles. The highest BCUT2D eigenvalue weighted by Crippen LogP contribution is 2.34. The molecular weight excluding hydrogens is 358 g/mol. The standard InChI is InChI=1S/C26H47NO2/c1-3-5-6-8-22-17-19-27(20-18-22)24-13-11-23(12-14-24)26(28)29-25-15-9-21(7-4-2)10-16-25/h21-25H,3-20H2,1-2H3/t21-,23?,24?,25-. The SMILES string of the molecule is CCCCCC1CCN(C2CCC(C(=O)O[C@H]3CC[C@H](CCC)CC3)CC2)CC1. The third-order valence-electron chi connectivity index (χ3n) is 8.19. The molecule has 2 saturated carbocycles. The third kappa shape index (κ3) is 7.26. The molecule has 3 heteroatoms. The molecule has 0 N–H and O–H groups in total. The average molecular weight is 406 g/mol. The van der Waals surface area contributed by atoms with Crippen molar-refractivity contribution in [1.82, 2.24) is 4.90 Å². The first-order valence-electron chi connectivity index (χ1n) is 13.1. The summed E-state index contributed by atoms with van der Waals surface area (Å²) in [6, 6.07) is 0.722. The van der Waals surface area contributed by atoms with E-state index in [0.29, 0.717) is 0 Å². The lowest BCUT2D eigenvalue weighted by Gasteiger charge is -2.40. The lowest BCUT2D eigenvalue weighted by atomic mass is 9.83. The van der Waals surface area contributed by atoms with E-state index in [4.69, 9.17) is 4.74 Å². The minimum absolute atomic E-state index is 0.122. The van der Waals surface area contributed by atoms with Crippen LogP contribution in [0.3, 0.4) is 0 Å². The average Bonchev–Trinajstić information content (AvgIpc) is 2.76. The van der Waals surface area contributed by atoms with E-state index in [-0.39, 0.29) is 18.0 Å². The van der Waals surface area contributed by atoms with Gasteiger partial charge < -0.3 is 9.64 Å². The van der Waals surface area contributed by atoms with Gasteiger partial charge >= 0.3 is 5.97 Å². The van der Waals surface area contributed by atoms with Gasteiger partial charge in [-0.1, -0.05) is 52.4 Å². The Balaban J connectivity index is 1.31. The molecule has 0 aromatic rings. The highest BCUT2D eigenvalue weighted by molar-refractivity contribution is 5.72. The van der Waals surface area contributed by atoms with Crippen molar-refractivity contribution in [3.63, 3.8) is 0 Å². The first-order valence-corrected chi connectivity index (χ1v) is 13.1. The Morgan fingerprint density at radius 1 is 0.759 bits per heavy atom. The molecule has 3 aliphatic rings. The predicted molar refractivity (Wildman–Crippen MR) is 121 cm³/mol. The van der Waals surface area contributed by atoms with Crippen LogP contribution in [-0.4, -0.2) is 36.1 Å². The maximum atomic E-state index is 12.7. The normalized spacial score (nSPS) is 32.2. The Bertz CT molecular complexity index is 455. The van der Waals surface area contributed by atoms with Crippen LogP contribution in [-0.2, 0) is 9.53 Å². The quantitative estimate of drug-likeness (QED) is 0.314. The zero-order chi connectivity index (χ0) is 20.5. The molecule has 0 unspecified atom stereocenters. The highest BCUT2D eigenvalue weighted by atomic mass is 16.5. The van der Waals surface area contributed by atoms with Crippen LogP contribution in [0.25, 0.3) is 0 Å². The number of carbonyl (C=O) groups is 1. The Hall–Kier alpha value is -0.570. The summed E-state index contributed by atoms with van der Waals surface area (Å²) in [6.07, 6.45) is 20.4. The molecule has 3 rings (SSSR count). The van der Waals surface area contributed by atoms with Gasteiger partial charge in [0.25, 0.3) is 0 Å². The minimum Gasteiger partial charge on any atom is -0.462 e. The molecule has 0 atom stereocenters. The molecule has 0 bridgehead atoms. The number of carbonyl (C=O) groups excluding carboxylic acids is 1. The molecule has 29 heavy (non-hydrogen) atoms. The van der Waals surface area contributed by atoms with Crippen LogP contribution in [0.5, 0.6) is 0 Å². The number of unbranched alkanes of at least 4 members (excludes halogenated alkanes) is 2. The van der Waals surface area contributed by atoms with Gasteiger partial charge in [-0.15, -0.1) is 0 Å². The van der Waals surface area contributed by atoms with Crippen molar-refractivity contribution in [2.45, 2.75) is 129 Å². The van der Waals surface area contributed by atoms with E-state index in [0.717, 1.165) is 43.6 Å². The van der Waals surface area contributed by atoms with Crippen molar-refractivity contribution >= 4 is 5.97 Å². The van der Waals surface area contributed by atoms with E-state index in [1.807, 2.05) is 0 Å². The molecule has 0 spiro atoms. The zero-order valence-electron chi connectivity index (χ0n) is 19.4. The Morgan fingerprint density at radius 2 is 1.41 bits per heavy atom. The fourth-order valence-electron chi connectivity index (χ4n) is 6.17. The maximum absolute atomic E-state index is 12.7. The summed E-state index contributed by atoms with van der Waals surface area (Å²) in [5.41, 5.74) is 0. The third-order valence-corrected chi connectivity index (χ3v) is 8.19. The number of ether oxygens (including phenoxy) is 1. The second-order valence-corrected chi connectivity index (χ2v) is 10.3. The lowest BCUT2D eigenvalue weighted by molar-refractivity contribution is -0.157. The summed E-state index contributed by atoms with van der Waals surface area (Å²) in [6.45, 7) is 7.15. The van der Waals surface area contributed by atoms with E-state index in [2.05, 4.69) is 18.7 Å². The summed E-state index contributed by atoms with van der Waals surface area (Å²) in [7, 11) is 0. The summed E-state index contributed by atoms with van der Waals surface area (Å²) >= 11 is 0. The van der Waals surface area contributed by atoms with Crippen LogP contribution in [0.1, 0.15) is 117 Å². The van der Waals surface area contributed by atoms with Gasteiger partial charge in [0.2, 0.25) is 0 Å². The number of hydrogen-bond acceptors (Lipinski definition) is 3. The number of hydrogen-bond donors (Lipinski definition) is 0. The van der Waals surface area contributed by atoms with Gasteiger partial charge in [0.1, 0.15) is 6.10 Å². The zero-order valence-corrected chi connectivity index (χ0v) is 19.4. The van der Waals surface area contributed by atoms with E-state index in [9.17, 15) is 4.79 Å². The second-order valence-electron chi connectivity index (χ2n) is 10.3. The molecule has 0 amide bonds. The van der Waals surface area contributed by atoms with Crippen LogP contribution in [0.4, 0.5) is 0 Å². The molecule has 3 nitrogen and oxygen atoms in total. The molecule has 1 heterocycles. The fourth-order valence-corrected chi connectivity index (χ4v) is 6.17. The minimum atomic E-state index is 0.122. The summed E-state index contributed by atoms with van der Waals surface area (Å²) in [5.74, 6) is 2.14. The van der Waals surface area contributed by atoms with Crippen molar-refractivity contribution in [3.8, 4) is 0 Å². The lowest BCUT2D eigenvalue weighted by Crippen LogP contribution is -2.44. The second kappa shape index (κ2) is 12.3. The van der Waals surface area contributed by atoms with Gasteiger partial charge in [-0.2, -0.15) is 0 Å². The molecule has 1 saturated heterocycles. The summed E-state index contributed by atoms with van der Waals surface area (Å²) in [4.78, 5) is 15.4. The monoisotopic (exact) mass is 405 g/mol. The summed E-state index contributed by atoms with van der Waals surface area (Å²) < 4.78 is 5.95. The Kier molecular flexibility index (Phi) is 9.82. The van der Waals surface area contributed by atoms with E-state index in [1.165, 1.54) is 90.1 Å². The number of piperidine rings is 1. The molecule has 3 fully saturated rings. The topological polar surface area (TPSA) is 29.5 Å². The molecule has 168 valence electrons. The fraction of sp³-hybridized carbons (Fsp3) is 0.962.